The Morgan fingerprint density at radius 3 is 2.73 bits per heavy atom. The van der Waals surface area contributed by atoms with Crippen LogP contribution in [-0.2, 0) is 18.4 Å². The van der Waals surface area contributed by atoms with Gasteiger partial charge in [-0.25, -0.2) is 4.98 Å². The van der Waals surface area contributed by atoms with Gasteiger partial charge < -0.3 is 4.90 Å². The summed E-state index contributed by atoms with van der Waals surface area (Å²) in [4.78, 5) is 10.7. The second kappa shape index (κ2) is 5.42. The molecule has 3 rings (SSSR count). The van der Waals surface area contributed by atoms with E-state index >= 15 is 0 Å². The van der Waals surface area contributed by atoms with Crippen molar-refractivity contribution in [3.63, 3.8) is 0 Å². The summed E-state index contributed by atoms with van der Waals surface area (Å²) in [6.45, 7) is 8.43. The fourth-order valence-corrected chi connectivity index (χ4v) is 2.78. The molecule has 0 saturated carbocycles. The average Bonchev–Trinajstić information content (AvgIpc) is 2.53. The molecule has 1 aliphatic heterocycles. The topological polar surface area (TPSA) is 52.8 Å². The SMILES string of the molecule is CC(C)(C)c1ccc2c(c1)CN(c1cncc(C#N)n1)CC2. The molecule has 0 spiro atoms. The van der Waals surface area contributed by atoms with Crippen LogP contribution in [0.4, 0.5) is 5.82 Å². The van der Waals surface area contributed by atoms with Crippen LogP contribution in [0.5, 0.6) is 0 Å². The molecule has 1 aliphatic rings. The van der Waals surface area contributed by atoms with Crippen molar-refractivity contribution in [3.05, 3.63) is 53.0 Å². The Bertz CT molecular complexity index is 737. The van der Waals surface area contributed by atoms with Gasteiger partial charge in [-0.05, 0) is 28.5 Å². The van der Waals surface area contributed by atoms with Gasteiger partial charge in [0.2, 0.25) is 0 Å². The van der Waals surface area contributed by atoms with Crippen molar-refractivity contribution >= 4 is 5.82 Å². The van der Waals surface area contributed by atoms with Crippen molar-refractivity contribution in [2.45, 2.75) is 39.2 Å². The summed E-state index contributed by atoms with van der Waals surface area (Å²) in [6.07, 6.45) is 4.23. The highest BCUT2D eigenvalue weighted by atomic mass is 15.2. The standard InChI is InChI=1S/C18H20N4/c1-18(2,3)15-5-4-13-6-7-22(12-14(13)8-15)17-11-20-10-16(9-19)21-17/h4-5,8,10-11H,6-7,12H2,1-3H3. The van der Waals surface area contributed by atoms with Gasteiger partial charge in [-0.1, -0.05) is 39.0 Å². The van der Waals surface area contributed by atoms with E-state index in [-0.39, 0.29) is 5.41 Å². The van der Waals surface area contributed by atoms with Crippen molar-refractivity contribution in [1.82, 2.24) is 9.97 Å². The third-order valence-electron chi connectivity index (χ3n) is 4.14. The maximum atomic E-state index is 8.97. The molecule has 2 heterocycles. The van der Waals surface area contributed by atoms with Crippen molar-refractivity contribution < 1.29 is 0 Å². The van der Waals surface area contributed by atoms with Crippen LogP contribution in [0.1, 0.15) is 43.2 Å². The van der Waals surface area contributed by atoms with Crippen LogP contribution >= 0.6 is 0 Å². The molecular formula is C18H20N4. The Labute approximate surface area is 131 Å². The molecule has 0 aliphatic carbocycles. The predicted molar refractivity (Wildman–Crippen MR) is 86.6 cm³/mol. The number of nitriles is 1. The molecule has 4 heteroatoms. The number of nitrogens with zero attached hydrogens (tertiary/aromatic N) is 4. The van der Waals surface area contributed by atoms with Crippen molar-refractivity contribution in [1.29, 1.82) is 5.26 Å². The number of fused-ring (bicyclic) bond motifs is 1. The van der Waals surface area contributed by atoms with Crippen LogP contribution in [-0.4, -0.2) is 16.5 Å². The molecule has 0 saturated heterocycles. The Morgan fingerprint density at radius 2 is 2.00 bits per heavy atom. The van der Waals surface area contributed by atoms with Gasteiger partial charge >= 0.3 is 0 Å². The fourth-order valence-electron chi connectivity index (χ4n) is 2.78. The van der Waals surface area contributed by atoms with Gasteiger partial charge in [0.15, 0.2) is 5.69 Å². The van der Waals surface area contributed by atoms with Crippen LogP contribution in [0, 0.1) is 11.3 Å². The fraction of sp³-hybridized carbons (Fsp3) is 0.389. The number of rotatable bonds is 1. The van der Waals surface area contributed by atoms with E-state index in [0.29, 0.717) is 5.69 Å². The van der Waals surface area contributed by atoms with Crippen LogP contribution in [0.25, 0.3) is 0 Å². The first-order valence-corrected chi connectivity index (χ1v) is 7.57. The summed E-state index contributed by atoms with van der Waals surface area (Å²) in [6, 6.07) is 8.86. The molecule has 2 aromatic rings. The van der Waals surface area contributed by atoms with E-state index < -0.39 is 0 Å². The first kappa shape index (κ1) is 14.5. The molecule has 0 fully saturated rings. The van der Waals surface area contributed by atoms with E-state index in [1.807, 2.05) is 0 Å². The van der Waals surface area contributed by atoms with Gasteiger partial charge in [0.25, 0.3) is 0 Å². The first-order valence-electron chi connectivity index (χ1n) is 7.57. The zero-order valence-electron chi connectivity index (χ0n) is 13.3. The van der Waals surface area contributed by atoms with E-state index in [4.69, 9.17) is 5.26 Å². The third kappa shape index (κ3) is 2.80. The molecule has 0 bridgehead atoms. The Hall–Kier alpha value is -2.41. The molecule has 0 unspecified atom stereocenters. The molecule has 4 nitrogen and oxygen atoms in total. The quantitative estimate of drug-likeness (QED) is 0.810. The molecule has 1 aromatic carbocycles. The van der Waals surface area contributed by atoms with Gasteiger partial charge in [0, 0.05) is 13.1 Å². The summed E-state index contributed by atoms with van der Waals surface area (Å²) < 4.78 is 0. The predicted octanol–water partition coefficient (Wildman–Crippen LogP) is 3.21. The molecule has 1 aromatic heterocycles. The van der Waals surface area contributed by atoms with Crippen LogP contribution in [0.2, 0.25) is 0 Å². The molecule has 0 radical (unpaired) electrons. The van der Waals surface area contributed by atoms with Crippen molar-refractivity contribution in [2.75, 3.05) is 11.4 Å². The second-order valence-corrected chi connectivity index (χ2v) is 6.78. The molecule has 0 amide bonds. The molecule has 112 valence electrons. The minimum atomic E-state index is 0.151. The molecule has 0 N–H and O–H groups in total. The smallest absolute Gasteiger partial charge is 0.161 e. The Balaban J connectivity index is 1.91. The van der Waals surface area contributed by atoms with Crippen molar-refractivity contribution in [3.8, 4) is 6.07 Å². The average molecular weight is 292 g/mol. The summed E-state index contributed by atoms with van der Waals surface area (Å²) in [5, 5.41) is 8.97. The summed E-state index contributed by atoms with van der Waals surface area (Å²) in [5.74, 6) is 0.783. The van der Waals surface area contributed by atoms with Crippen LogP contribution in [0.15, 0.2) is 30.6 Å². The zero-order valence-corrected chi connectivity index (χ0v) is 13.3. The lowest BCUT2D eigenvalue weighted by molar-refractivity contribution is 0.587. The Morgan fingerprint density at radius 1 is 1.18 bits per heavy atom. The van der Waals surface area contributed by atoms with Crippen LogP contribution < -0.4 is 4.90 Å². The monoisotopic (exact) mass is 292 g/mol. The minimum Gasteiger partial charge on any atom is -0.351 e. The largest absolute Gasteiger partial charge is 0.351 e. The molecular weight excluding hydrogens is 272 g/mol. The van der Waals surface area contributed by atoms with Crippen molar-refractivity contribution in [2.24, 2.45) is 0 Å². The van der Waals surface area contributed by atoms with E-state index in [9.17, 15) is 0 Å². The van der Waals surface area contributed by atoms with Crippen LogP contribution in [0.3, 0.4) is 0 Å². The Kier molecular flexibility index (Phi) is 3.58. The highest BCUT2D eigenvalue weighted by Gasteiger charge is 2.21. The third-order valence-corrected chi connectivity index (χ3v) is 4.14. The van der Waals surface area contributed by atoms with E-state index in [0.717, 1.165) is 25.3 Å². The highest BCUT2D eigenvalue weighted by Crippen LogP contribution is 2.28. The second-order valence-electron chi connectivity index (χ2n) is 6.78. The van der Waals surface area contributed by atoms with E-state index in [2.05, 4.69) is 59.9 Å². The van der Waals surface area contributed by atoms with Gasteiger partial charge in [0.1, 0.15) is 11.9 Å². The summed E-state index contributed by atoms with van der Waals surface area (Å²) in [5.41, 5.74) is 4.63. The van der Waals surface area contributed by atoms with Gasteiger partial charge in [-0.2, -0.15) is 5.26 Å². The first-order chi connectivity index (χ1) is 10.5. The molecule has 0 atom stereocenters. The maximum absolute atomic E-state index is 8.97. The summed E-state index contributed by atoms with van der Waals surface area (Å²) >= 11 is 0. The maximum Gasteiger partial charge on any atom is 0.161 e. The normalized spacial score (nSPS) is 14.4. The van der Waals surface area contributed by atoms with Gasteiger partial charge in [-0.15, -0.1) is 0 Å². The van der Waals surface area contributed by atoms with Gasteiger partial charge in [-0.3, -0.25) is 4.98 Å². The highest BCUT2D eigenvalue weighted by molar-refractivity contribution is 5.45. The number of hydrogen-bond donors (Lipinski definition) is 0. The van der Waals surface area contributed by atoms with Gasteiger partial charge in [0.05, 0.1) is 12.4 Å². The number of benzene rings is 1. The number of anilines is 1. The minimum absolute atomic E-state index is 0.151. The zero-order chi connectivity index (χ0) is 15.7. The lowest BCUT2D eigenvalue weighted by Gasteiger charge is -2.31. The van der Waals surface area contributed by atoms with E-state index in [1.165, 1.54) is 22.9 Å². The number of hydrogen-bond acceptors (Lipinski definition) is 4. The summed E-state index contributed by atoms with van der Waals surface area (Å²) in [7, 11) is 0. The molecule has 22 heavy (non-hydrogen) atoms. The number of aromatic nitrogens is 2. The lowest BCUT2D eigenvalue weighted by Crippen LogP contribution is -2.31. The van der Waals surface area contributed by atoms with E-state index in [1.54, 1.807) is 6.20 Å². The lowest BCUT2D eigenvalue weighted by atomic mass is 9.84.